The van der Waals surface area contributed by atoms with Gasteiger partial charge in [0.05, 0.1) is 12.8 Å². The Morgan fingerprint density at radius 2 is 1.74 bits per heavy atom. The topological polar surface area (TPSA) is 67.9 Å². The fraction of sp³-hybridized carbons (Fsp3) is 0.786. The molecule has 1 rings (SSSR count). The van der Waals surface area contributed by atoms with Crippen LogP contribution < -0.4 is 0 Å². The minimum absolute atomic E-state index is 0.246. The molecule has 0 aliphatic rings. The van der Waals surface area contributed by atoms with Crippen LogP contribution in [0, 0.1) is 0 Å². The van der Waals surface area contributed by atoms with Crippen molar-refractivity contribution in [1.82, 2.24) is 15.4 Å². The van der Waals surface area contributed by atoms with Gasteiger partial charge in [-0.3, -0.25) is 5.10 Å². The highest BCUT2D eigenvalue weighted by Crippen LogP contribution is 2.09. The maximum Gasteiger partial charge on any atom is 0.360 e. The fourth-order valence-corrected chi connectivity index (χ4v) is 1.95. The predicted octanol–water partition coefficient (Wildman–Crippen LogP) is 3.49. The molecule has 19 heavy (non-hydrogen) atoms. The molecule has 0 atom stereocenters. The van der Waals surface area contributed by atoms with Crippen molar-refractivity contribution < 1.29 is 9.53 Å². The maximum atomic E-state index is 11.4. The van der Waals surface area contributed by atoms with Crippen LogP contribution in [0.5, 0.6) is 0 Å². The van der Waals surface area contributed by atoms with E-state index in [1.807, 2.05) is 0 Å². The zero-order chi connectivity index (χ0) is 13.8. The molecule has 0 unspecified atom stereocenters. The number of nitrogens with one attached hydrogen (secondary N) is 1. The Balaban J connectivity index is 1.85. The van der Waals surface area contributed by atoms with Crippen LogP contribution in [0.3, 0.4) is 0 Å². The van der Waals surface area contributed by atoms with Crippen LogP contribution in [0.15, 0.2) is 6.20 Å². The van der Waals surface area contributed by atoms with Crippen LogP contribution in [0.1, 0.15) is 75.2 Å². The summed E-state index contributed by atoms with van der Waals surface area (Å²) in [6.45, 7) is 2.71. The van der Waals surface area contributed by atoms with Crippen LogP contribution in [0.2, 0.25) is 0 Å². The minimum Gasteiger partial charge on any atom is -0.461 e. The molecule has 0 aromatic carbocycles. The summed E-state index contributed by atoms with van der Waals surface area (Å²) < 4.78 is 5.08. The SMILES string of the molecule is CCCCCCCCCCCOC(=O)c1c[nH]nn1. The molecule has 108 valence electrons. The molecule has 0 saturated carbocycles. The molecule has 0 aliphatic carbocycles. The van der Waals surface area contributed by atoms with Crippen molar-refractivity contribution in [1.29, 1.82) is 0 Å². The Hall–Kier alpha value is -1.39. The van der Waals surface area contributed by atoms with Crippen LogP contribution in [0.4, 0.5) is 0 Å². The van der Waals surface area contributed by atoms with E-state index in [-0.39, 0.29) is 5.69 Å². The highest BCUT2D eigenvalue weighted by Gasteiger charge is 2.08. The maximum absolute atomic E-state index is 11.4. The van der Waals surface area contributed by atoms with E-state index in [1.165, 1.54) is 51.1 Å². The normalized spacial score (nSPS) is 10.6. The van der Waals surface area contributed by atoms with E-state index in [9.17, 15) is 4.79 Å². The average molecular weight is 267 g/mol. The molecule has 5 nitrogen and oxygen atoms in total. The third-order valence-electron chi connectivity index (χ3n) is 3.11. The van der Waals surface area contributed by atoms with E-state index < -0.39 is 5.97 Å². The van der Waals surface area contributed by atoms with Crippen LogP contribution in [0.25, 0.3) is 0 Å². The fourth-order valence-electron chi connectivity index (χ4n) is 1.95. The highest BCUT2D eigenvalue weighted by atomic mass is 16.5. The Morgan fingerprint density at radius 1 is 1.11 bits per heavy atom. The van der Waals surface area contributed by atoms with E-state index >= 15 is 0 Å². The molecule has 0 spiro atoms. The van der Waals surface area contributed by atoms with E-state index in [0.717, 1.165) is 12.8 Å². The molecule has 0 amide bonds. The lowest BCUT2D eigenvalue weighted by Gasteiger charge is -2.03. The first-order valence-corrected chi connectivity index (χ1v) is 7.38. The number of rotatable bonds is 11. The summed E-state index contributed by atoms with van der Waals surface area (Å²) in [5, 5.41) is 9.55. The summed E-state index contributed by atoms with van der Waals surface area (Å²) in [7, 11) is 0. The van der Waals surface area contributed by atoms with Gasteiger partial charge in [-0.05, 0) is 6.42 Å². The van der Waals surface area contributed by atoms with Crippen molar-refractivity contribution in [2.24, 2.45) is 0 Å². The molecule has 0 radical (unpaired) electrons. The van der Waals surface area contributed by atoms with Crippen molar-refractivity contribution in [3.63, 3.8) is 0 Å². The molecular formula is C14H25N3O2. The molecule has 1 aromatic heterocycles. The average Bonchev–Trinajstić information content (AvgIpc) is 2.95. The molecular weight excluding hydrogens is 242 g/mol. The van der Waals surface area contributed by atoms with E-state index in [1.54, 1.807) is 0 Å². The zero-order valence-corrected chi connectivity index (χ0v) is 11.9. The second-order valence-corrected chi connectivity index (χ2v) is 4.82. The first-order chi connectivity index (χ1) is 9.34. The number of nitrogens with zero attached hydrogens (tertiary/aromatic N) is 2. The number of aromatic amines is 1. The molecule has 1 aromatic rings. The van der Waals surface area contributed by atoms with Gasteiger partial charge in [0.25, 0.3) is 0 Å². The van der Waals surface area contributed by atoms with Gasteiger partial charge < -0.3 is 4.74 Å². The summed E-state index contributed by atoms with van der Waals surface area (Å²) in [6.07, 6.45) is 12.7. The Labute approximate surface area is 115 Å². The number of carbonyl (C=O) groups is 1. The third-order valence-corrected chi connectivity index (χ3v) is 3.11. The molecule has 1 N–H and O–H groups in total. The number of aromatic nitrogens is 3. The number of hydrogen-bond acceptors (Lipinski definition) is 4. The first kappa shape index (κ1) is 15.7. The highest BCUT2D eigenvalue weighted by molar-refractivity contribution is 5.86. The zero-order valence-electron chi connectivity index (χ0n) is 11.9. The molecule has 0 saturated heterocycles. The number of esters is 1. The lowest BCUT2D eigenvalue weighted by Crippen LogP contribution is -2.06. The summed E-state index contributed by atoms with van der Waals surface area (Å²) in [4.78, 5) is 11.4. The summed E-state index contributed by atoms with van der Waals surface area (Å²) in [5.41, 5.74) is 0.246. The number of carbonyl (C=O) groups excluding carboxylic acids is 1. The van der Waals surface area contributed by atoms with Crippen molar-refractivity contribution in [3.8, 4) is 0 Å². The van der Waals surface area contributed by atoms with Crippen LogP contribution in [-0.2, 0) is 4.74 Å². The van der Waals surface area contributed by atoms with Gasteiger partial charge in [0.1, 0.15) is 0 Å². The molecule has 0 aliphatic heterocycles. The van der Waals surface area contributed by atoms with Crippen LogP contribution >= 0.6 is 0 Å². The Morgan fingerprint density at radius 3 is 2.32 bits per heavy atom. The van der Waals surface area contributed by atoms with Gasteiger partial charge >= 0.3 is 5.97 Å². The summed E-state index contributed by atoms with van der Waals surface area (Å²) in [6, 6.07) is 0. The second-order valence-electron chi connectivity index (χ2n) is 4.82. The smallest absolute Gasteiger partial charge is 0.360 e. The second kappa shape index (κ2) is 10.5. The number of hydrogen-bond donors (Lipinski definition) is 1. The molecule has 5 heteroatoms. The van der Waals surface area contributed by atoms with E-state index in [2.05, 4.69) is 22.3 Å². The van der Waals surface area contributed by atoms with Gasteiger partial charge in [0, 0.05) is 0 Å². The number of unbranched alkanes of at least 4 members (excludes halogenated alkanes) is 8. The number of ether oxygens (including phenoxy) is 1. The molecule has 1 heterocycles. The first-order valence-electron chi connectivity index (χ1n) is 7.38. The largest absolute Gasteiger partial charge is 0.461 e. The van der Waals surface area contributed by atoms with Crippen LogP contribution in [-0.4, -0.2) is 28.0 Å². The standard InChI is InChI=1S/C14H25N3O2/c1-2-3-4-5-6-7-8-9-10-11-19-14(18)13-12-15-17-16-13/h12H,2-11H2,1H3,(H,15,16,17). The van der Waals surface area contributed by atoms with Crippen molar-refractivity contribution in [2.45, 2.75) is 64.7 Å². The van der Waals surface area contributed by atoms with Gasteiger partial charge in [-0.1, -0.05) is 63.5 Å². The van der Waals surface area contributed by atoms with Crippen molar-refractivity contribution in [3.05, 3.63) is 11.9 Å². The monoisotopic (exact) mass is 267 g/mol. The Bertz CT molecular complexity index is 325. The van der Waals surface area contributed by atoms with Gasteiger partial charge in [-0.2, -0.15) is 0 Å². The van der Waals surface area contributed by atoms with Gasteiger partial charge in [0.15, 0.2) is 5.69 Å². The third kappa shape index (κ3) is 7.59. The quantitative estimate of drug-likeness (QED) is 0.492. The van der Waals surface area contributed by atoms with Gasteiger partial charge in [0.2, 0.25) is 0 Å². The molecule has 0 fully saturated rings. The summed E-state index contributed by atoms with van der Waals surface area (Å²) in [5.74, 6) is -0.395. The lowest BCUT2D eigenvalue weighted by molar-refractivity contribution is 0.0490. The van der Waals surface area contributed by atoms with E-state index in [0.29, 0.717) is 6.61 Å². The van der Waals surface area contributed by atoms with Gasteiger partial charge in [-0.15, -0.1) is 5.10 Å². The lowest BCUT2D eigenvalue weighted by atomic mass is 10.1. The Kier molecular flexibility index (Phi) is 8.68. The minimum atomic E-state index is -0.395. The predicted molar refractivity (Wildman–Crippen MR) is 73.9 cm³/mol. The molecule has 0 bridgehead atoms. The van der Waals surface area contributed by atoms with Crippen molar-refractivity contribution in [2.75, 3.05) is 6.61 Å². The van der Waals surface area contributed by atoms with Gasteiger partial charge in [-0.25, -0.2) is 4.79 Å². The van der Waals surface area contributed by atoms with E-state index in [4.69, 9.17) is 4.74 Å². The van der Waals surface area contributed by atoms with Crippen molar-refractivity contribution >= 4 is 5.97 Å². The summed E-state index contributed by atoms with van der Waals surface area (Å²) >= 11 is 0. The number of H-pyrrole nitrogens is 1.